The molecule has 1 aromatic heterocycles. The first-order valence-electron chi connectivity index (χ1n) is 9.58. The van der Waals surface area contributed by atoms with Gasteiger partial charge in [-0.2, -0.15) is 0 Å². The zero-order valence-corrected chi connectivity index (χ0v) is 16.4. The number of esters is 1. The number of carbonyl (C=O) groups excluding carboxylic acids is 3. The first-order valence-corrected chi connectivity index (χ1v) is 9.58. The number of aryl methyl sites for hydroxylation is 1. The molecule has 2 amide bonds. The number of nitrogens with zero attached hydrogens (tertiary/aromatic N) is 3. The Bertz CT molecular complexity index is 717. The maximum absolute atomic E-state index is 12.8. The van der Waals surface area contributed by atoms with E-state index in [1.807, 2.05) is 0 Å². The molecule has 0 aromatic carbocycles. The molecule has 9 heteroatoms. The number of aromatic nitrogens is 1. The van der Waals surface area contributed by atoms with Crippen LogP contribution in [0.5, 0.6) is 0 Å². The highest BCUT2D eigenvalue weighted by Gasteiger charge is 2.40. The molecule has 154 valence electrons. The number of piperidine rings is 1. The van der Waals surface area contributed by atoms with Gasteiger partial charge in [-0.25, -0.2) is 4.98 Å². The van der Waals surface area contributed by atoms with E-state index in [1.165, 1.54) is 13.3 Å². The highest BCUT2D eigenvalue weighted by molar-refractivity contribution is 5.93. The molecule has 0 N–H and O–H groups in total. The molecular weight excluding hydrogens is 366 g/mol. The van der Waals surface area contributed by atoms with Gasteiger partial charge in [-0.05, 0) is 19.8 Å². The van der Waals surface area contributed by atoms with E-state index in [1.54, 1.807) is 16.7 Å². The molecule has 3 rings (SSSR count). The Kier molecular flexibility index (Phi) is 6.33. The number of ether oxygens (including phenoxy) is 2. The van der Waals surface area contributed by atoms with E-state index in [2.05, 4.69) is 4.98 Å². The molecule has 1 aromatic rings. The molecule has 2 aliphatic rings. The standard InChI is InChI=1S/C19H27N3O6/c1-14-17(20-13-28-14)18(25)22-5-3-19(4-6-22,12-27-15(2)23)11-16(24)21-7-9-26-10-8-21/h13H,3-12H2,1-2H3. The number of hydrogen-bond acceptors (Lipinski definition) is 7. The van der Waals surface area contributed by atoms with Crippen molar-refractivity contribution in [2.45, 2.75) is 33.1 Å². The van der Waals surface area contributed by atoms with Crippen LogP contribution in [0.2, 0.25) is 0 Å². The average Bonchev–Trinajstić information content (AvgIpc) is 3.13. The largest absolute Gasteiger partial charge is 0.465 e. The van der Waals surface area contributed by atoms with Crippen molar-refractivity contribution in [3.8, 4) is 0 Å². The predicted octanol–water partition coefficient (Wildman–Crippen LogP) is 1.02. The Hall–Kier alpha value is -2.42. The number of oxazole rings is 1. The van der Waals surface area contributed by atoms with E-state index in [9.17, 15) is 14.4 Å². The van der Waals surface area contributed by atoms with Crippen molar-refractivity contribution in [3.05, 3.63) is 17.8 Å². The quantitative estimate of drug-likeness (QED) is 0.688. The van der Waals surface area contributed by atoms with Gasteiger partial charge in [-0.3, -0.25) is 14.4 Å². The summed E-state index contributed by atoms with van der Waals surface area (Å²) in [6.45, 7) is 6.45. The first kappa shape index (κ1) is 20.3. The lowest BCUT2D eigenvalue weighted by Gasteiger charge is -2.42. The molecule has 0 radical (unpaired) electrons. The SMILES string of the molecule is CC(=O)OCC1(CC(=O)N2CCOCC2)CCN(C(=O)c2ncoc2C)CC1. The Morgan fingerprint density at radius 2 is 1.82 bits per heavy atom. The summed E-state index contributed by atoms with van der Waals surface area (Å²) in [4.78, 5) is 44.3. The second-order valence-electron chi connectivity index (χ2n) is 7.50. The van der Waals surface area contributed by atoms with Gasteiger partial charge in [-0.15, -0.1) is 0 Å². The molecule has 3 heterocycles. The zero-order valence-electron chi connectivity index (χ0n) is 16.4. The van der Waals surface area contributed by atoms with Gasteiger partial charge in [0.1, 0.15) is 5.76 Å². The third kappa shape index (κ3) is 4.70. The minimum atomic E-state index is -0.462. The molecule has 2 saturated heterocycles. The second-order valence-corrected chi connectivity index (χ2v) is 7.50. The summed E-state index contributed by atoms with van der Waals surface area (Å²) in [7, 11) is 0. The van der Waals surface area contributed by atoms with Crippen molar-refractivity contribution >= 4 is 17.8 Å². The molecule has 0 aliphatic carbocycles. The summed E-state index contributed by atoms with van der Waals surface area (Å²) in [5, 5.41) is 0. The van der Waals surface area contributed by atoms with Gasteiger partial charge < -0.3 is 23.7 Å². The predicted molar refractivity (Wildman–Crippen MR) is 97.5 cm³/mol. The minimum absolute atomic E-state index is 0.0441. The molecule has 2 fully saturated rings. The lowest BCUT2D eigenvalue weighted by molar-refractivity contribution is -0.150. The third-order valence-electron chi connectivity index (χ3n) is 5.53. The highest BCUT2D eigenvalue weighted by Crippen LogP contribution is 2.37. The molecule has 2 aliphatic heterocycles. The number of likely N-dealkylation sites (tertiary alicyclic amines) is 1. The van der Waals surface area contributed by atoms with Gasteiger partial charge >= 0.3 is 5.97 Å². The van der Waals surface area contributed by atoms with Crippen LogP contribution in [0.1, 0.15) is 42.4 Å². The zero-order chi connectivity index (χ0) is 20.1. The van der Waals surface area contributed by atoms with E-state index >= 15 is 0 Å². The third-order valence-corrected chi connectivity index (χ3v) is 5.53. The number of carbonyl (C=O) groups is 3. The normalized spacial score (nSPS) is 19.4. The van der Waals surface area contributed by atoms with Crippen LogP contribution in [-0.2, 0) is 19.1 Å². The molecule has 0 saturated carbocycles. The van der Waals surface area contributed by atoms with Crippen LogP contribution >= 0.6 is 0 Å². The van der Waals surface area contributed by atoms with Gasteiger partial charge in [0, 0.05) is 44.9 Å². The Balaban J connectivity index is 1.65. The minimum Gasteiger partial charge on any atom is -0.465 e. The van der Waals surface area contributed by atoms with Crippen LogP contribution in [0.15, 0.2) is 10.8 Å². The summed E-state index contributed by atoms with van der Waals surface area (Å²) in [6.07, 6.45) is 2.72. The first-order chi connectivity index (χ1) is 13.4. The highest BCUT2D eigenvalue weighted by atomic mass is 16.5. The summed E-state index contributed by atoms with van der Waals surface area (Å²) in [6, 6.07) is 0. The fourth-order valence-corrected chi connectivity index (χ4v) is 3.72. The van der Waals surface area contributed by atoms with E-state index in [-0.39, 0.29) is 24.4 Å². The van der Waals surface area contributed by atoms with Crippen LogP contribution in [-0.4, -0.2) is 78.6 Å². The van der Waals surface area contributed by atoms with E-state index in [4.69, 9.17) is 13.9 Å². The van der Waals surface area contributed by atoms with Crippen molar-refractivity contribution < 1.29 is 28.3 Å². The van der Waals surface area contributed by atoms with Crippen LogP contribution < -0.4 is 0 Å². The molecule has 0 bridgehead atoms. The fraction of sp³-hybridized carbons (Fsp3) is 0.684. The van der Waals surface area contributed by atoms with Crippen LogP contribution in [0.4, 0.5) is 0 Å². The number of rotatable bonds is 5. The van der Waals surface area contributed by atoms with E-state index in [0.717, 1.165) is 0 Å². The Morgan fingerprint density at radius 3 is 2.39 bits per heavy atom. The molecule has 0 spiro atoms. The van der Waals surface area contributed by atoms with Crippen molar-refractivity contribution in [2.75, 3.05) is 46.0 Å². The summed E-state index contributed by atoms with van der Waals surface area (Å²) in [5.74, 6) is -0.00594. The fourth-order valence-electron chi connectivity index (χ4n) is 3.72. The van der Waals surface area contributed by atoms with Crippen molar-refractivity contribution in [1.82, 2.24) is 14.8 Å². The summed E-state index contributed by atoms with van der Waals surface area (Å²) in [5.41, 5.74) is -0.145. The lowest BCUT2D eigenvalue weighted by atomic mass is 9.75. The molecule has 28 heavy (non-hydrogen) atoms. The van der Waals surface area contributed by atoms with Crippen molar-refractivity contribution in [3.63, 3.8) is 0 Å². The smallest absolute Gasteiger partial charge is 0.302 e. The van der Waals surface area contributed by atoms with Gasteiger partial charge in [0.2, 0.25) is 5.91 Å². The maximum Gasteiger partial charge on any atom is 0.302 e. The van der Waals surface area contributed by atoms with E-state index in [0.29, 0.717) is 70.1 Å². The van der Waals surface area contributed by atoms with Crippen molar-refractivity contribution in [2.24, 2.45) is 5.41 Å². The summed E-state index contributed by atoms with van der Waals surface area (Å²) < 4.78 is 15.7. The number of morpholine rings is 1. The lowest BCUT2D eigenvalue weighted by Crippen LogP contribution is -2.49. The summed E-state index contributed by atoms with van der Waals surface area (Å²) >= 11 is 0. The Morgan fingerprint density at radius 1 is 1.14 bits per heavy atom. The van der Waals surface area contributed by atoms with Crippen LogP contribution in [0.3, 0.4) is 0 Å². The van der Waals surface area contributed by atoms with Gasteiger partial charge in [0.25, 0.3) is 5.91 Å². The van der Waals surface area contributed by atoms with E-state index < -0.39 is 5.41 Å². The molecule has 9 nitrogen and oxygen atoms in total. The Labute approximate surface area is 164 Å². The molecule has 0 unspecified atom stereocenters. The number of amides is 2. The number of hydrogen-bond donors (Lipinski definition) is 0. The average molecular weight is 393 g/mol. The second kappa shape index (κ2) is 8.72. The van der Waals surface area contributed by atoms with Crippen LogP contribution in [0, 0.1) is 12.3 Å². The molecular formula is C19H27N3O6. The van der Waals surface area contributed by atoms with Gasteiger partial charge in [0.15, 0.2) is 12.1 Å². The van der Waals surface area contributed by atoms with Gasteiger partial charge in [-0.1, -0.05) is 0 Å². The monoisotopic (exact) mass is 393 g/mol. The van der Waals surface area contributed by atoms with Gasteiger partial charge in [0.05, 0.1) is 19.8 Å². The van der Waals surface area contributed by atoms with Crippen molar-refractivity contribution in [1.29, 1.82) is 0 Å². The molecule has 0 atom stereocenters. The van der Waals surface area contributed by atoms with Crippen LogP contribution in [0.25, 0.3) is 0 Å². The maximum atomic E-state index is 12.8. The topological polar surface area (TPSA) is 102 Å².